The van der Waals surface area contributed by atoms with Crippen LogP contribution in [-0.2, 0) is 21.3 Å². The molecule has 12 heteroatoms. The van der Waals surface area contributed by atoms with Crippen molar-refractivity contribution < 1.29 is 26.3 Å². The molecule has 3 aromatic heterocycles. The van der Waals surface area contributed by atoms with Crippen LogP contribution in [-0.4, -0.2) is 41.0 Å². The van der Waals surface area contributed by atoms with Crippen LogP contribution in [0.1, 0.15) is 29.9 Å². The topological polar surface area (TPSA) is 128 Å². The molecule has 0 N–H and O–H groups in total. The minimum atomic E-state index is -4.32. The highest BCUT2D eigenvalue weighted by molar-refractivity contribution is 7.87. The standard InChI is InChI=1S/C28H22FN5O5S/c1-17-6-12-20(13-7-17)40(36,37)39-26-24-21(4-2-14-30-24)28(34-15-3-5-23(34)35)32-25(26)27-31-22(38-33-27)16-18-8-10-19(29)11-9-18/h2,4,6-14H,3,5,15-16H2,1H3. The first-order valence-corrected chi connectivity index (χ1v) is 13.9. The summed E-state index contributed by atoms with van der Waals surface area (Å²) in [5, 5.41) is 4.48. The number of aromatic nitrogens is 4. The van der Waals surface area contributed by atoms with Gasteiger partial charge in [0.2, 0.25) is 17.6 Å². The van der Waals surface area contributed by atoms with Crippen LogP contribution in [0, 0.1) is 12.7 Å². The number of aryl methyl sites for hydroxylation is 1. The van der Waals surface area contributed by atoms with Crippen molar-refractivity contribution >= 4 is 32.7 Å². The number of carbonyl (C=O) groups is 1. The Morgan fingerprint density at radius 2 is 1.82 bits per heavy atom. The van der Waals surface area contributed by atoms with Crippen LogP contribution in [0.5, 0.6) is 5.75 Å². The lowest BCUT2D eigenvalue weighted by Crippen LogP contribution is -2.25. The quantitative estimate of drug-likeness (QED) is 0.263. The van der Waals surface area contributed by atoms with E-state index in [0.717, 1.165) is 11.1 Å². The second-order valence-corrected chi connectivity index (χ2v) is 10.9. The highest BCUT2D eigenvalue weighted by Gasteiger charge is 2.31. The number of anilines is 1. The van der Waals surface area contributed by atoms with Gasteiger partial charge < -0.3 is 8.71 Å². The van der Waals surface area contributed by atoms with Crippen LogP contribution in [0.25, 0.3) is 22.4 Å². The molecule has 5 aromatic rings. The van der Waals surface area contributed by atoms with Crippen molar-refractivity contribution in [2.75, 3.05) is 11.4 Å². The Balaban J connectivity index is 1.50. The molecule has 6 rings (SSSR count). The Hall–Kier alpha value is -4.71. The molecule has 1 saturated heterocycles. The minimum Gasteiger partial charge on any atom is -0.374 e. The Labute approximate surface area is 228 Å². The van der Waals surface area contributed by atoms with Crippen LogP contribution in [0.2, 0.25) is 0 Å². The number of pyridine rings is 2. The Morgan fingerprint density at radius 3 is 2.55 bits per heavy atom. The zero-order valence-electron chi connectivity index (χ0n) is 21.2. The molecule has 4 heterocycles. The zero-order chi connectivity index (χ0) is 27.9. The third kappa shape index (κ3) is 4.89. The lowest BCUT2D eigenvalue weighted by atomic mass is 10.1. The average Bonchev–Trinajstić information content (AvgIpc) is 3.59. The summed E-state index contributed by atoms with van der Waals surface area (Å²) >= 11 is 0. The summed E-state index contributed by atoms with van der Waals surface area (Å²) in [5.74, 6) is -0.244. The lowest BCUT2D eigenvalue weighted by Gasteiger charge is -2.19. The molecule has 0 saturated carbocycles. The van der Waals surface area contributed by atoms with Crippen molar-refractivity contribution in [3.63, 3.8) is 0 Å². The third-order valence-electron chi connectivity index (χ3n) is 6.48. The smallest absolute Gasteiger partial charge is 0.339 e. The van der Waals surface area contributed by atoms with Gasteiger partial charge in [0.05, 0.1) is 6.42 Å². The van der Waals surface area contributed by atoms with Crippen molar-refractivity contribution in [3.05, 3.63) is 89.7 Å². The fourth-order valence-electron chi connectivity index (χ4n) is 4.47. The fraction of sp³-hybridized carbons (Fsp3) is 0.179. The summed E-state index contributed by atoms with van der Waals surface area (Å²) in [5.41, 5.74) is 1.73. The number of amides is 1. The van der Waals surface area contributed by atoms with Crippen molar-refractivity contribution in [1.82, 2.24) is 20.1 Å². The van der Waals surface area contributed by atoms with Gasteiger partial charge in [-0.25, -0.2) is 9.37 Å². The second kappa shape index (κ2) is 10.1. The molecular formula is C28H22FN5O5S. The maximum absolute atomic E-state index is 13.4. The van der Waals surface area contributed by atoms with Crippen molar-refractivity contribution in [2.45, 2.75) is 31.1 Å². The SMILES string of the molecule is Cc1ccc(S(=O)(=O)Oc2c(-c3noc(Cc4ccc(F)cc4)n3)nc(N3CCCC3=O)c3cccnc23)cc1. The van der Waals surface area contributed by atoms with Crippen molar-refractivity contribution in [3.8, 4) is 17.3 Å². The molecule has 10 nitrogen and oxygen atoms in total. The van der Waals surface area contributed by atoms with E-state index in [1.54, 1.807) is 36.4 Å². The number of hydrogen-bond acceptors (Lipinski definition) is 9. The van der Waals surface area contributed by atoms with Gasteiger partial charge >= 0.3 is 10.1 Å². The van der Waals surface area contributed by atoms with E-state index < -0.39 is 10.1 Å². The average molecular weight is 560 g/mol. The van der Waals surface area contributed by atoms with Gasteiger partial charge in [-0.1, -0.05) is 35.0 Å². The van der Waals surface area contributed by atoms with Gasteiger partial charge in [-0.15, -0.1) is 0 Å². The third-order valence-corrected chi connectivity index (χ3v) is 7.71. The van der Waals surface area contributed by atoms with E-state index in [2.05, 4.69) is 20.1 Å². The van der Waals surface area contributed by atoms with Gasteiger partial charge in [-0.05, 0) is 55.3 Å². The summed E-state index contributed by atoms with van der Waals surface area (Å²) in [6.07, 6.45) is 2.71. The number of nitrogens with zero attached hydrogens (tertiary/aromatic N) is 5. The lowest BCUT2D eigenvalue weighted by molar-refractivity contribution is -0.117. The largest absolute Gasteiger partial charge is 0.374 e. The molecular weight excluding hydrogens is 537 g/mol. The Morgan fingerprint density at radius 1 is 1.05 bits per heavy atom. The van der Waals surface area contributed by atoms with Gasteiger partial charge in [0.1, 0.15) is 22.0 Å². The molecule has 202 valence electrons. The fourth-order valence-corrected chi connectivity index (χ4v) is 5.41. The molecule has 0 bridgehead atoms. The van der Waals surface area contributed by atoms with Crippen LogP contribution in [0.3, 0.4) is 0 Å². The summed E-state index contributed by atoms with van der Waals surface area (Å²) in [6, 6.07) is 15.4. The van der Waals surface area contributed by atoms with Gasteiger partial charge in [0.25, 0.3) is 0 Å². The number of benzene rings is 2. The molecule has 0 aliphatic carbocycles. The number of halogens is 1. The first-order chi connectivity index (χ1) is 19.3. The van der Waals surface area contributed by atoms with E-state index in [4.69, 9.17) is 8.71 Å². The van der Waals surface area contributed by atoms with Gasteiger partial charge in [0, 0.05) is 24.5 Å². The molecule has 1 amide bonds. The number of rotatable bonds is 7. The van der Waals surface area contributed by atoms with Crippen LogP contribution in [0.4, 0.5) is 10.2 Å². The molecule has 1 fully saturated rings. The van der Waals surface area contributed by atoms with E-state index in [0.29, 0.717) is 30.6 Å². The number of fused-ring (bicyclic) bond motifs is 1. The molecule has 2 aromatic carbocycles. The number of hydrogen-bond donors (Lipinski definition) is 0. The highest BCUT2D eigenvalue weighted by atomic mass is 32.2. The van der Waals surface area contributed by atoms with E-state index >= 15 is 0 Å². The predicted molar refractivity (Wildman–Crippen MR) is 143 cm³/mol. The molecule has 1 aliphatic heterocycles. The molecule has 0 atom stereocenters. The predicted octanol–water partition coefficient (Wildman–Crippen LogP) is 4.61. The monoisotopic (exact) mass is 559 g/mol. The summed E-state index contributed by atoms with van der Waals surface area (Å²) < 4.78 is 51.2. The van der Waals surface area contributed by atoms with Gasteiger partial charge in [-0.2, -0.15) is 13.4 Å². The molecule has 1 aliphatic rings. The normalized spacial score (nSPS) is 13.8. The van der Waals surface area contributed by atoms with E-state index in [-0.39, 0.29) is 51.7 Å². The van der Waals surface area contributed by atoms with E-state index in [9.17, 15) is 17.6 Å². The molecule has 0 spiro atoms. The Kier molecular flexibility index (Phi) is 6.46. The summed E-state index contributed by atoms with van der Waals surface area (Å²) in [7, 11) is -4.32. The summed E-state index contributed by atoms with van der Waals surface area (Å²) in [6.45, 7) is 2.29. The maximum Gasteiger partial charge on any atom is 0.339 e. The van der Waals surface area contributed by atoms with E-state index in [1.165, 1.54) is 35.4 Å². The second-order valence-electron chi connectivity index (χ2n) is 9.33. The van der Waals surface area contributed by atoms with Crippen molar-refractivity contribution in [1.29, 1.82) is 0 Å². The molecule has 0 unspecified atom stereocenters. The Bertz CT molecular complexity index is 1840. The first-order valence-electron chi connectivity index (χ1n) is 12.5. The molecule has 0 radical (unpaired) electrons. The first kappa shape index (κ1) is 25.6. The van der Waals surface area contributed by atoms with Gasteiger partial charge in [0.15, 0.2) is 11.4 Å². The number of carbonyl (C=O) groups excluding carboxylic acids is 1. The van der Waals surface area contributed by atoms with Crippen LogP contribution < -0.4 is 9.08 Å². The molecule has 40 heavy (non-hydrogen) atoms. The highest BCUT2D eigenvalue weighted by Crippen LogP contribution is 2.40. The minimum absolute atomic E-state index is 0.0494. The van der Waals surface area contributed by atoms with Gasteiger partial charge in [-0.3, -0.25) is 14.7 Å². The van der Waals surface area contributed by atoms with E-state index in [1.807, 2.05) is 6.92 Å². The summed E-state index contributed by atoms with van der Waals surface area (Å²) in [4.78, 5) is 27.7. The van der Waals surface area contributed by atoms with Crippen LogP contribution >= 0.6 is 0 Å². The van der Waals surface area contributed by atoms with Crippen LogP contribution in [0.15, 0.2) is 76.3 Å². The van der Waals surface area contributed by atoms with Crippen molar-refractivity contribution in [2.24, 2.45) is 0 Å². The maximum atomic E-state index is 13.4. The zero-order valence-corrected chi connectivity index (χ0v) is 22.1.